The van der Waals surface area contributed by atoms with Crippen molar-refractivity contribution in [2.75, 3.05) is 18.9 Å². The lowest BCUT2D eigenvalue weighted by atomic mass is 10.0. The topological polar surface area (TPSA) is 81.7 Å². The molecular formula is C22H20BrNO5S. The SMILES string of the molecule is COc1cc(NS(=O)(=O)c2ccc(C)cc2)c(C(=O)c2ccccc2Br)cc1OC. The van der Waals surface area contributed by atoms with Crippen LogP contribution in [0, 0.1) is 6.92 Å². The zero-order valence-corrected chi connectivity index (χ0v) is 19.0. The van der Waals surface area contributed by atoms with Crippen molar-refractivity contribution in [3.63, 3.8) is 0 Å². The quantitative estimate of drug-likeness (QED) is 0.481. The van der Waals surface area contributed by atoms with Gasteiger partial charge in [0.2, 0.25) is 0 Å². The third-order valence-electron chi connectivity index (χ3n) is 4.46. The second-order valence-electron chi connectivity index (χ2n) is 6.48. The van der Waals surface area contributed by atoms with Crippen LogP contribution in [0.1, 0.15) is 21.5 Å². The largest absolute Gasteiger partial charge is 0.493 e. The summed E-state index contributed by atoms with van der Waals surface area (Å²) in [5.74, 6) is 0.235. The Morgan fingerprint density at radius 1 is 0.900 bits per heavy atom. The van der Waals surface area contributed by atoms with E-state index in [1.54, 1.807) is 36.4 Å². The Labute approximate surface area is 184 Å². The molecule has 0 aliphatic rings. The summed E-state index contributed by atoms with van der Waals surface area (Å²) in [7, 11) is -1.05. The van der Waals surface area contributed by atoms with Crippen molar-refractivity contribution in [3.05, 3.63) is 81.8 Å². The maximum Gasteiger partial charge on any atom is 0.261 e. The van der Waals surface area contributed by atoms with Gasteiger partial charge >= 0.3 is 0 Å². The molecule has 6 nitrogen and oxygen atoms in total. The molecule has 0 unspecified atom stereocenters. The average molecular weight is 490 g/mol. The standard InChI is InChI=1S/C22H20BrNO5S/c1-14-8-10-15(11-9-14)30(26,27)24-19-13-21(29-3)20(28-2)12-17(19)22(25)16-6-4-5-7-18(16)23/h4-13,24H,1-3H3. The fourth-order valence-electron chi connectivity index (χ4n) is 2.86. The number of aryl methyl sites for hydroxylation is 1. The fraction of sp³-hybridized carbons (Fsp3) is 0.136. The number of anilines is 1. The van der Waals surface area contributed by atoms with Crippen LogP contribution in [-0.4, -0.2) is 28.4 Å². The third-order valence-corrected chi connectivity index (χ3v) is 6.54. The lowest BCUT2D eigenvalue weighted by Crippen LogP contribution is -2.16. The van der Waals surface area contributed by atoms with E-state index in [0.29, 0.717) is 21.5 Å². The first-order valence-electron chi connectivity index (χ1n) is 8.91. The van der Waals surface area contributed by atoms with Gasteiger partial charge in [0.1, 0.15) is 0 Å². The number of carbonyl (C=O) groups excluding carboxylic acids is 1. The molecule has 0 aliphatic heterocycles. The highest BCUT2D eigenvalue weighted by Gasteiger charge is 2.23. The minimum atomic E-state index is -3.93. The molecule has 156 valence electrons. The lowest BCUT2D eigenvalue weighted by molar-refractivity contribution is 0.103. The van der Waals surface area contributed by atoms with E-state index >= 15 is 0 Å². The summed E-state index contributed by atoms with van der Waals surface area (Å²) < 4.78 is 39.6. The second kappa shape index (κ2) is 8.89. The van der Waals surface area contributed by atoms with Gasteiger partial charge in [0.05, 0.1) is 30.4 Å². The molecule has 0 bridgehead atoms. The van der Waals surface area contributed by atoms with Crippen LogP contribution in [0.25, 0.3) is 0 Å². The van der Waals surface area contributed by atoms with Gasteiger partial charge in [-0.05, 0) is 37.3 Å². The predicted octanol–water partition coefficient (Wildman–Crippen LogP) is 4.81. The fourth-order valence-corrected chi connectivity index (χ4v) is 4.40. The van der Waals surface area contributed by atoms with Gasteiger partial charge in [0.25, 0.3) is 10.0 Å². The van der Waals surface area contributed by atoms with Gasteiger partial charge < -0.3 is 9.47 Å². The summed E-state index contributed by atoms with van der Waals surface area (Å²) in [6, 6.07) is 16.2. The highest BCUT2D eigenvalue weighted by atomic mass is 79.9. The van der Waals surface area contributed by atoms with Crippen LogP contribution in [0.5, 0.6) is 11.5 Å². The highest BCUT2D eigenvalue weighted by molar-refractivity contribution is 9.10. The van der Waals surface area contributed by atoms with E-state index in [1.807, 2.05) is 6.92 Å². The molecule has 0 heterocycles. The molecular weight excluding hydrogens is 470 g/mol. The summed E-state index contributed by atoms with van der Waals surface area (Å²) in [5, 5.41) is 0. The molecule has 30 heavy (non-hydrogen) atoms. The number of nitrogens with one attached hydrogen (secondary N) is 1. The Hall–Kier alpha value is -2.84. The van der Waals surface area contributed by atoms with Crippen molar-refractivity contribution in [3.8, 4) is 11.5 Å². The molecule has 0 spiro atoms. The van der Waals surface area contributed by atoms with Crippen molar-refractivity contribution >= 4 is 37.4 Å². The average Bonchev–Trinajstić information content (AvgIpc) is 2.73. The second-order valence-corrected chi connectivity index (χ2v) is 9.02. The molecule has 0 radical (unpaired) electrons. The normalized spacial score (nSPS) is 11.1. The molecule has 3 aromatic carbocycles. The van der Waals surface area contributed by atoms with Crippen LogP contribution < -0.4 is 14.2 Å². The highest BCUT2D eigenvalue weighted by Crippen LogP contribution is 2.36. The Kier molecular flexibility index (Phi) is 6.48. The first kappa shape index (κ1) is 21.9. The van der Waals surface area contributed by atoms with Gasteiger partial charge in [-0.3, -0.25) is 9.52 Å². The maximum atomic E-state index is 13.3. The molecule has 0 saturated carbocycles. The number of halogens is 1. The van der Waals surface area contributed by atoms with Crippen LogP contribution in [-0.2, 0) is 10.0 Å². The number of sulfonamides is 1. The molecule has 0 aromatic heterocycles. The predicted molar refractivity (Wildman–Crippen MR) is 119 cm³/mol. The third kappa shape index (κ3) is 4.49. The monoisotopic (exact) mass is 489 g/mol. The Morgan fingerprint density at radius 3 is 2.10 bits per heavy atom. The first-order valence-corrected chi connectivity index (χ1v) is 11.2. The van der Waals surface area contributed by atoms with Crippen molar-refractivity contribution < 1.29 is 22.7 Å². The van der Waals surface area contributed by atoms with Gasteiger partial charge in [-0.25, -0.2) is 8.42 Å². The Balaban J connectivity index is 2.14. The molecule has 8 heteroatoms. The van der Waals surface area contributed by atoms with Crippen LogP contribution in [0.4, 0.5) is 5.69 Å². The molecule has 0 amide bonds. The lowest BCUT2D eigenvalue weighted by Gasteiger charge is -2.16. The van der Waals surface area contributed by atoms with Crippen LogP contribution in [0.15, 0.2) is 70.0 Å². The van der Waals surface area contributed by atoms with E-state index in [9.17, 15) is 13.2 Å². The number of ketones is 1. The number of methoxy groups -OCH3 is 2. The van der Waals surface area contributed by atoms with E-state index in [0.717, 1.165) is 5.56 Å². The van der Waals surface area contributed by atoms with E-state index in [-0.39, 0.29) is 21.9 Å². The zero-order valence-electron chi connectivity index (χ0n) is 16.6. The Bertz CT molecular complexity index is 1190. The summed E-state index contributed by atoms with van der Waals surface area (Å²) in [6.07, 6.45) is 0. The van der Waals surface area contributed by atoms with Gasteiger partial charge in [-0.2, -0.15) is 0 Å². The van der Waals surface area contributed by atoms with Crippen molar-refractivity contribution in [2.45, 2.75) is 11.8 Å². The summed E-state index contributed by atoms with van der Waals surface area (Å²) in [4.78, 5) is 13.3. The first-order chi connectivity index (χ1) is 14.3. The number of carbonyl (C=O) groups is 1. The maximum absolute atomic E-state index is 13.3. The van der Waals surface area contributed by atoms with Crippen LogP contribution in [0.3, 0.4) is 0 Å². The van der Waals surface area contributed by atoms with Gasteiger partial charge in [0, 0.05) is 16.1 Å². The van der Waals surface area contributed by atoms with Crippen molar-refractivity contribution in [2.24, 2.45) is 0 Å². The molecule has 0 saturated heterocycles. The zero-order chi connectivity index (χ0) is 21.9. The number of benzene rings is 3. The summed E-state index contributed by atoms with van der Waals surface area (Å²) >= 11 is 3.37. The summed E-state index contributed by atoms with van der Waals surface area (Å²) in [6.45, 7) is 1.87. The van der Waals surface area contributed by atoms with Gasteiger partial charge in [0.15, 0.2) is 17.3 Å². The van der Waals surface area contributed by atoms with Crippen molar-refractivity contribution in [1.82, 2.24) is 0 Å². The molecule has 3 aromatic rings. The number of hydrogen-bond donors (Lipinski definition) is 1. The molecule has 1 N–H and O–H groups in total. The molecule has 0 atom stereocenters. The smallest absolute Gasteiger partial charge is 0.261 e. The molecule has 0 aliphatic carbocycles. The van der Waals surface area contributed by atoms with E-state index in [1.165, 1.54) is 38.5 Å². The van der Waals surface area contributed by atoms with E-state index < -0.39 is 10.0 Å². The van der Waals surface area contributed by atoms with Gasteiger partial charge in [-0.15, -0.1) is 0 Å². The summed E-state index contributed by atoms with van der Waals surface area (Å²) in [5.41, 5.74) is 1.55. The number of ether oxygens (including phenoxy) is 2. The number of hydrogen-bond acceptors (Lipinski definition) is 5. The number of rotatable bonds is 7. The minimum absolute atomic E-state index is 0.0853. The van der Waals surface area contributed by atoms with Crippen molar-refractivity contribution in [1.29, 1.82) is 0 Å². The Morgan fingerprint density at radius 2 is 1.50 bits per heavy atom. The van der Waals surface area contributed by atoms with Gasteiger partial charge in [-0.1, -0.05) is 45.8 Å². The van der Waals surface area contributed by atoms with Crippen LogP contribution in [0.2, 0.25) is 0 Å². The van der Waals surface area contributed by atoms with E-state index in [4.69, 9.17) is 9.47 Å². The molecule has 0 fully saturated rings. The van der Waals surface area contributed by atoms with Crippen LogP contribution >= 0.6 is 15.9 Å². The van der Waals surface area contributed by atoms with E-state index in [2.05, 4.69) is 20.7 Å². The minimum Gasteiger partial charge on any atom is -0.493 e. The molecule has 3 rings (SSSR count).